The molecule has 208 valence electrons. The minimum atomic E-state index is -0.305. The van der Waals surface area contributed by atoms with E-state index in [1.165, 1.54) is 6.08 Å². The molecule has 1 aliphatic heterocycles. The van der Waals surface area contributed by atoms with Crippen molar-refractivity contribution >= 4 is 34.6 Å². The number of imidazole rings is 1. The van der Waals surface area contributed by atoms with Crippen LogP contribution in [-0.2, 0) is 9.53 Å². The molecule has 1 amide bonds. The number of ether oxygens (including phenoxy) is 2. The SMILES string of the molecule is C=CC(=O)Nc1cc(Nc2nccc(-c3cnc4c(C)cccn34)n2)c(OC)cc1N(C)CCN1CCOCC1. The number of anilines is 4. The van der Waals surface area contributed by atoms with E-state index in [1.807, 2.05) is 54.9 Å². The fourth-order valence-corrected chi connectivity index (χ4v) is 4.70. The number of carbonyl (C=O) groups is 1. The number of hydrogen-bond acceptors (Lipinski definition) is 9. The van der Waals surface area contributed by atoms with E-state index in [1.54, 1.807) is 19.5 Å². The molecule has 5 rings (SSSR count). The summed E-state index contributed by atoms with van der Waals surface area (Å²) in [6.07, 6.45) is 6.71. The van der Waals surface area contributed by atoms with Crippen LogP contribution >= 0.6 is 0 Å². The Kier molecular flexibility index (Phi) is 8.23. The largest absolute Gasteiger partial charge is 0.494 e. The van der Waals surface area contributed by atoms with Crippen molar-refractivity contribution in [3.8, 4) is 17.1 Å². The molecule has 11 nitrogen and oxygen atoms in total. The Morgan fingerprint density at radius 3 is 2.83 bits per heavy atom. The average molecular weight is 543 g/mol. The number of benzene rings is 1. The molecule has 0 aliphatic carbocycles. The number of morpholine rings is 1. The van der Waals surface area contributed by atoms with Gasteiger partial charge in [-0.3, -0.25) is 14.1 Å². The number of nitrogens with zero attached hydrogens (tertiary/aromatic N) is 6. The van der Waals surface area contributed by atoms with Gasteiger partial charge in [0.2, 0.25) is 11.9 Å². The third-order valence-electron chi connectivity index (χ3n) is 6.92. The Bertz CT molecular complexity index is 1510. The van der Waals surface area contributed by atoms with E-state index < -0.39 is 0 Å². The van der Waals surface area contributed by atoms with E-state index >= 15 is 0 Å². The van der Waals surface area contributed by atoms with E-state index in [0.717, 1.165) is 62.0 Å². The molecular formula is C29H34N8O3. The van der Waals surface area contributed by atoms with E-state index in [0.29, 0.717) is 28.8 Å². The quantitative estimate of drug-likeness (QED) is 0.290. The molecule has 2 N–H and O–H groups in total. The van der Waals surface area contributed by atoms with Gasteiger partial charge in [0.15, 0.2) is 0 Å². The van der Waals surface area contributed by atoms with Gasteiger partial charge in [-0.1, -0.05) is 12.6 Å². The summed E-state index contributed by atoms with van der Waals surface area (Å²) in [7, 11) is 3.61. The zero-order valence-electron chi connectivity index (χ0n) is 23.1. The van der Waals surface area contributed by atoms with Gasteiger partial charge in [-0.15, -0.1) is 0 Å². The van der Waals surface area contributed by atoms with E-state index in [4.69, 9.17) is 14.5 Å². The topological polar surface area (TPSA) is 109 Å². The number of carbonyl (C=O) groups excluding carboxylic acids is 1. The van der Waals surface area contributed by atoms with Crippen molar-refractivity contribution in [2.45, 2.75) is 6.92 Å². The van der Waals surface area contributed by atoms with E-state index in [-0.39, 0.29) is 5.91 Å². The van der Waals surface area contributed by atoms with Crippen LogP contribution in [-0.4, -0.2) is 83.7 Å². The summed E-state index contributed by atoms with van der Waals surface area (Å²) >= 11 is 0. The highest BCUT2D eigenvalue weighted by atomic mass is 16.5. The first kappa shape index (κ1) is 27.1. The first-order valence-corrected chi connectivity index (χ1v) is 13.2. The summed E-state index contributed by atoms with van der Waals surface area (Å²) in [5.41, 5.74) is 5.57. The van der Waals surface area contributed by atoms with Crippen molar-refractivity contribution in [1.82, 2.24) is 24.3 Å². The normalized spacial score (nSPS) is 13.7. The van der Waals surface area contributed by atoms with Crippen molar-refractivity contribution in [3.05, 3.63) is 67.1 Å². The molecule has 1 fully saturated rings. The van der Waals surface area contributed by atoms with Gasteiger partial charge in [0.25, 0.3) is 0 Å². The molecule has 11 heteroatoms. The number of fused-ring (bicyclic) bond motifs is 1. The zero-order chi connectivity index (χ0) is 28.1. The molecular weight excluding hydrogens is 508 g/mol. The molecule has 4 heterocycles. The summed E-state index contributed by atoms with van der Waals surface area (Å²) < 4.78 is 13.2. The molecule has 1 saturated heterocycles. The minimum absolute atomic E-state index is 0.305. The van der Waals surface area contributed by atoms with Crippen LogP contribution in [0.4, 0.5) is 23.0 Å². The maximum atomic E-state index is 12.3. The number of aromatic nitrogens is 4. The second-order valence-electron chi connectivity index (χ2n) is 9.56. The van der Waals surface area contributed by atoms with E-state index in [2.05, 4.69) is 37.0 Å². The van der Waals surface area contributed by atoms with E-state index in [9.17, 15) is 4.79 Å². The summed E-state index contributed by atoms with van der Waals surface area (Å²) in [4.78, 5) is 30.5. The van der Waals surface area contributed by atoms with Gasteiger partial charge in [0, 0.05) is 51.7 Å². The van der Waals surface area contributed by atoms with Gasteiger partial charge in [-0.2, -0.15) is 0 Å². The first-order valence-electron chi connectivity index (χ1n) is 13.2. The second-order valence-corrected chi connectivity index (χ2v) is 9.56. The summed E-state index contributed by atoms with van der Waals surface area (Å²) in [5.74, 6) is 0.664. The van der Waals surface area contributed by atoms with Crippen molar-refractivity contribution in [2.24, 2.45) is 0 Å². The lowest BCUT2D eigenvalue weighted by Gasteiger charge is -2.30. The van der Waals surface area contributed by atoms with Gasteiger partial charge in [0.1, 0.15) is 11.4 Å². The van der Waals surface area contributed by atoms with Crippen molar-refractivity contribution in [3.63, 3.8) is 0 Å². The Hall–Kier alpha value is -4.48. The summed E-state index contributed by atoms with van der Waals surface area (Å²) in [6, 6.07) is 9.58. The van der Waals surface area contributed by atoms with Crippen LogP contribution in [0.3, 0.4) is 0 Å². The second kappa shape index (κ2) is 12.1. The highest BCUT2D eigenvalue weighted by Gasteiger charge is 2.18. The number of aryl methyl sites for hydroxylation is 1. The fraction of sp³-hybridized carbons (Fsp3) is 0.310. The first-order chi connectivity index (χ1) is 19.5. The van der Waals surface area contributed by atoms with Crippen LogP contribution in [0.25, 0.3) is 17.0 Å². The molecule has 0 bridgehead atoms. The maximum Gasteiger partial charge on any atom is 0.247 e. The molecule has 0 saturated carbocycles. The van der Waals surface area contributed by atoms with Gasteiger partial charge in [-0.05, 0) is 36.8 Å². The van der Waals surface area contributed by atoms with Crippen molar-refractivity contribution < 1.29 is 14.3 Å². The predicted molar refractivity (Wildman–Crippen MR) is 157 cm³/mol. The Balaban J connectivity index is 1.43. The van der Waals surface area contributed by atoms with Gasteiger partial charge in [0.05, 0.1) is 55.0 Å². The number of methoxy groups -OCH3 is 1. The molecule has 4 aromatic rings. The smallest absolute Gasteiger partial charge is 0.247 e. The number of hydrogen-bond donors (Lipinski definition) is 2. The number of nitrogens with one attached hydrogen (secondary N) is 2. The molecule has 0 radical (unpaired) electrons. The summed E-state index contributed by atoms with van der Waals surface area (Å²) in [6.45, 7) is 10.6. The molecule has 0 spiro atoms. The fourth-order valence-electron chi connectivity index (χ4n) is 4.70. The number of amides is 1. The molecule has 40 heavy (non-hydrogen) atoms. The third kappa shape index (κ3) is 5.90. The highest BCUT2D eigenvalue weighted by molar-refractivity contribution is 6.02. The maximum absolute atomic E-state index is 12.3. The third-order valence-corrected chi connectivity index (χ3v) is 6.92. The molecule has 1 aromatic carbocycles. The lowest BCUT2D eigenvalue weighted by molar-refractivity contribution is -0.111. The van der Waals surface area contributed by atoms with Crippen LogP contribution in [0.5, 0.6) is 5.75 Å². The van der Waals surface area contributed by atoms with Crippen LogP contribution in [0, 0.1) is 6.92 Å². The Morgan fingerprint density at radius 2 is 2.05 bits per heavy atom. The Morgan fingerprint density at radius 1 is 1.23 bits per heavy atom. The van der Waals surface area contributed by atoms with Crippen LogP contribution < -0.4 is 20.3 Å². The van der Waals surface area contributed by atoms with Gasteiger partial charge < -0.3 is 25.0 Å². The van der Waals surface area contributed by atoms with Crippen molar-refractivity contribution in [2.75, 3.05) is 69.1 Å². The predicted octanol–water partition coefficient (Wildman–Crippen LogP) is 3.74. The average Bonchev–Trinajstić information content (AvgIpc) is 3.42. The molecule has 0 unspecified atom stereocenters. The van der Waals surface area contributed by atoms with Crippen LogP contribution in [0.1, 0.15) is 5.56 Å². The molecule has 0 atom stereocenters. The molecule has 1 aliphatic rings. The van der Waals surface area contributed by atoms with Crippen LogP contribution in [0.15, 0.2) is 61.6 Å². The summed E-state index contributed by atoms with van der Waals surface area (Å²) in [5, 5.41) is 6.21. The van der Waals surface area contributed by atoms with Crippen molar-refractivity contribution in [1.29, 1.82) is 0 Å². The monoisotopic (exact) mass is 542 g/mol. The lowest BCUT2D eigenvalue weighted by atomic mass is 10.2. The number of likely N-dealkylation sites (N-methyl/N-ethyl adjacent to an activating group) is 1. The van der Waals surface area contributed by atoms with Gasteiger partial charge >= 0.3 is 0 Å². The Labute approximate surface area is 233 Å². The minimum Gasteiger partial charge on any atom is -0.494 e. The number of rotatable bonds is 10. The lowest BCUT2D eigenvalue weighted by Crippen LogP contribution is -2.40. The van der Waals surface area contributed by atoms with Gasteiger partial charge in [-0.25, -0.2) is 15.0 Å². The number of pyridine rings is 1. The molecule has 3 aromatic heterocycles. The van der Waals surface area contributed by atoms with Crippen LogP contribution in [0.2, 0.25) is 0 Å². The standard InChI is InChI=1S/C29H34N8O3/c1-5-27(38)32-22-17-23(26(39-4)18-24(22)35(3)11-12-36-13-15-40-16-14-36)34-29-30-9-8-21(33-29)25-19-31-28-20(2)7-6-10-37(25)28/h5-10,17-19H,1,11-16H2,2-4H3,(H,32,38)(H,30,33,34). The zero-order valence-corrected chi connectivity index (χ0v) is 23.1. The highest BCUT2D eigenvalue weighted by Crippen LogP contribution is 2.38.